The average molecular weight is 419 g/mol. The Morgan fingerprint density at radius 1 is 1.10 bits per heavy atom. The normalized spacial score (nSPS) is 20.2. The molecule has 160 valence electrons. The van der Waals surface area contributed by atoms with Gasteiger partial charge in [0, 0.05) is 50.9 Å². The van der Waals surface area contributed by atoms with Gasteiger partial charge in [0.1, 0.15) is 5.82 Å². The lowest BCUT2D eigenvalue weighted by Crippen LogP contribution is -2.32. The molecule has 0 radical (unpaired) electrons. The zero-order chi connectivity index (χ0) is 21.2. The molecular weight excluding hydrogens is 392 g/mol. The van der Waals surface area contributed by atoms with Gasteiger partial charge in [-0.1, -0.05) is 36.4 Å². The number of fused-ring (bicyclic) bond motifs is 2. The fraction of sp³-hybridized carbons (Fsp3) is 0.391. The first-order chi connectivity index (χ1) is 15.2. The van der Waals surface area contributed by atoms with E-state index < -0.39 is 0 Å². The van der Waals surface area contributed by atoms with Crippen molar-refractivity contribution in [3.63, 3.8) is 0 Å². The Kier molecular flexibility index (Phi) is 5.38. The summed E-state index contributed by atoms with van der Waals surface area (Å²) in [5, 5.41) is 11.5. The van der Waals surface area contributed by atoms with Crippen molar-refractivity contribution >= 4 is 5.91 Å². The van der Waals surface area contributed by atoms with E-state index in [1.807, 2.05) is 41.0 Å². The van der Waals surface area contributed by atoms with Crippen LogP contribution in [0.25, 0.3) is 0 Å². The van der Waals surface area contributed by atoms with E-state index in [1.165, 1.54) is 0 Å². The summed E-state index contributed by atoms with van der Waals surface area (Å²) in [4.78, 5) is 19.5. The van der Waals surface area contributed by atoms with Crippen LogP contribution in [0.5, 0.6) is 5.88 Å². The number of hydrogen-bond donors (Lipinski definition) is 1. The van der Waals surface area contributed by atoms with Gasteiger partial charge in [-0.25, -0.2) is 4.98 Å². The molecule has 3 aromatic rings. The summed E-state index contributed by atoms with van der Waals surface area (Å²) in [6, 6.07) is 13.9. The van der Waals surface area contributed by atoms with E-state index in [2.05, 4.69) is 31.5 Å². The number of benzene rings is 1. The first kappa shape index (κ1) is 19.7. The fourth-order valence-electron chi connectivity index (χ4n) is 4.74. The van der Waals surface area contributed by atoms with Crippen LogP contribution < -0.4 is 10.1 Å². The molecule has 31 heavy (non-hydrogen) atoms. The SMILES string of the molecule is COc1ncccc1CN1C[C@H]2Cc3nnc(C(=O)NCc4ccccc4)n3C[C@H]2C1. The number of methoxy groups -OCH3 is 1. The van der Waals surface area contributed by atoms with Gasteiger partial charge in [-0.2, -0.15) is 0 Å². The van der Waals surface area contributed by atoms with Gasteiger partial charge < -0.3 is 14.6 Å². The molecule has 0 spiro atoms. The number of nitrogens with one attached hydrogen (secondary N) is 1. The number of likely N-dealkylation sites (tertiary alicyclic amines) is 1. The number of hydrogen-bond acceptors (Lipinski definition) is 6. The highest BCUT2D eigenvalue weighted by atomic mass is 16.5. The number of carbonyl (C=O) groups is 1. The maximum atomic E-state index is 12.8. The second-order valence-electron chi connectivity index (χ2n) is 8.31. The van der Waals surface area contributed by atoms with Crippen molar-refractivity contribution in [2.24, 2.45) is 11.8 Å². The Hall–Kier alpha value is -3.26. The molecule has 1 N–H and O–H groups in total. The van der Waals surface area contributed by atoms with Crippen LogP contribution in [0, 0.1) is 11.8 Å². The van der Waals surface area contributed by atoms with Crippen LogP contribution in [-0.2, 0) is 26.1 Å². The minimum Gasteiger partial charge on any atom is -0.481 e. The lowest BCUT2D eigenvalue weighted by atomic mass is 9.89. The monoisotopic (exact) mass is 418 g/mol. The molecule has 1 aromatic carbocycles. The molecule has 0 bridgehead atoms. The number of aromatic nitrogens is 4. The lowest BCUT2D eigenvalue weighted by molar-refractivity contribution is 0.0932. The summed E-state index contributed by atoms with van der Waals surface area (Å²) < 4.78 is 7.41. The molecule has 4 heterocycles. The van der Waals surface area contributed by atoms with Crippen molar-refractivity contribution in [2.45, 2.75) is 26.1 Å². The molecular formula is C23H26N6O2. The predicted octanol–water partition coefficient (Wildman–Crippen LogP) is 1.92. The van der Waals surface area contributed by atoms with Crippen molar-refractivity contribution in [3.05, 3.63) is 71.4 Å². The molecule has 2 aliphatic heterocycles. The van der Waals surface area contributed by atoms with E-state index in [4.69, 9.17) is 4.74 Å². The zero-order valence-electron chi connectivity index (χ0n) is 17.6. The highest BCUT2D eigenvalue weighted by molar-refractivity contribution is 5.90. The zero-order valence-corrected chi connectivity index (χ0v) is 17.6. The molecule has 1 fully saturated rings. The van der Waals surface area contributed by atoms with Crippen molar-refractivity contribution in [3.8, 4) is 5.88 Å². The fourth-order valence-corrected chi connectivity index (χ4v) is 4.74. The number of rotatable bonds is 6. The number of pyridine rings is 1. The summed E-state index contributed by atoms with van der Waals surface area (Å²) in [6.07, 6.45) is 2.60. The van der Waals surface area contributed by atoms with E-state index in [0.717, 1.165) is 49.6 Å². The van der Waals surface area contributed by atoms with Gasteiger partial charge in [0.05, 0.1) is 7.11 Å². The standard InChI is InChI=1S/C23H26N6O2/c1-31-23-17(8-5-9-24-23)12-28-13-18-10-20-26-27-21(29(20)15-19(18)14-28)22(30)25-11-16-6-3-2-4-7-16/h2-9,18-19H,10-15H2,1H3,(H,25,30)/t18-,19-/m1/s1. The molecule has 0 saturated carbocycles. The van der Waals surface area contributed by atoms with Crippen molar-refractivity contribution in [2.75, 3.05) is 20.2 Å². The highest BCUT2D eigenvalue weighted by Gasteiger charge is 2.39. The topological polar surface area (TPSA) is 85.2 Å². The minimum absolute atomic E-state index is 0.170. The Morgan fingerprint density at radius 3 is 2.77 bits per heavy atom. The summed E-state index contributed by atoms with van der Waals surface area (Å²) >= 11 is 0. The van der Waals surface area contributed by atoms with Gasteiger partial charge in [-0.3, -0.25) is 9.69 Å². The first-order valence-corrected chi connectivity index (χ1v) is 10.7. The van der Waals surface area contributed by atoms with Crippen LogP contribution in [0.1, 0.15) is 27.6 Å². The van der Waals surface area contributed by atoms with Crippen LogP contribution in [0.15, 0.2) is 48.7 Å². The largest absolute Gasteiger partial charge is 0.481 e. The third-order valence-electron chi connectivity index (χ3n) is 6.28. The van der Waals surface area contributed by atoms with Crippen LogP contribution in [0.3, 0.4) is 0 Å². The summed E-state index contributed by atoms with van der Waals surface area (Å²) in [6.45, 7) is 4.06. The molecule has 8 heteroatoms. The second-order valence-corrected chi connectivity index (χ2v) is 8.31. The van der Waals surface area contributed by atoms with Crippen molar-refractivity contribution in [1.82, 2.24) is 30.0 Å². The molecule has 0 aliphatic carbocycles. The smallest absolute Gasteiger partial charge is 0.289 e. The first-order valence-electron chi connectivity index (χ1n) is 10.7. The maximum absolute atomic E-state index is 12.8. The molecule has 2 aliphatic rings. The summed E-state index contributed by atoms with van der Waals surface area (Å²) in [5.74, 6) is 2.85. The van der Waals surface area contributed by atoms with E-state index in [0.29, 0.717) is 30.1 Å². The Bertz CT molecular complexity index is 1070. The van der Waals surface area contributed by atoms with Crippen LogP contribution >= 0.6 is 0 Å². The number of amides is 1. The maximum Gasteiger partial charge on any atom is 0.289 e. The van der Waals surface area contributed by atoms with Gasteiger partial charge in [0.2, 0.25) is 11.7 Å². The lowest BCUT2D eigenvalue weighted by Gasteiger charge is -2.25. The van der Waals surface area contributed by atoms with Gasteiger partial charge >= 0.3 is 0 Å². The predicted molar refractivity (Wildman–Crippen MR) is 114 cm³/mol. The molecule has 8 nitrogen and oxygen atoms in total. The molecule has 1 amide bonds. The van der Waals surface area contributed by atoms with Crippen LogP contribution in [0.4, 0.5) is 0 Å². The third kappa shape index (κ3) is 4.03. The van der Waals surface area contributed by atoms with Gasteiger partial charge in [0.25, 0.3) is 5.91 Å². The minimum atomic E-state index is -0.170. The van der Waals surface area contributed by atoms with Crippen molar-refractivity contribution in [1.29, 1.82) is 0 Å². The van der Waals surface area contributed by atoms with Crippen LogP contribution in [0.2, 0.25) is 0 Å². The van der Waals surface area contributed by atoms with Gasteiger partial charge in [0.15, 0.2) is 0 Å². The Morgan fingerprint density at radius 2 is 1.94 bits per heavy atom. The van der Waals surface area contributed by atoms with E-state index in [9.17, 15) is 4.79 Å². The number of carbonyl (C=O) groups excluding carboxylic acids is 1. The molecule has 2 atom stereocenters. The molecule has 1 saturated heterocycles. The second kappa shape index (κ2) is 8.47. The summed E-state index contributed by atoms with van der Waals surface area (Å²) in [5.41, 5.74) is 2.16. The molecule has 2 aromatic heterocycles. The third-order valence-corrected chi connectivity index (χ3v) is 6.28. The van der Waals surface area contributed by atoms with E-state index >= 15 is 0 Å². The van der Waals surface area contributed by atoms with Crippen molar-refractivity contribution < 1.29 is 9.53 Å². The Balaban J connectivity index is 1.24. The molecule has 5 rings (SSSR count). The number of ether oxygens (including phenoxy) is 1. The van der Waals surface area contributed by atoms with Gasteiger partial charge in [-0.15, -0.1) is 10.2 Å². The Labute approximate surface area is 181 Å². The quantitative estimate of drug-likeness (QED) is 0.658. The van der Waals surface area contributed by atoms with E-state index in [-0.39, 0.29) is 5.91 Å². The van der Waals surface area contributed by atoms with Gasteiger partial charge in [-0.05, 0) is 23.5 Å². The summed E-state index contributed by atoms with van der Waals surface area (Å²) in [7, 11) is 1.66. The van der Waals surface area contributed by atoms with Crippen LogP contribution in [-0.4, -0.2) is 50.8 Å². The average Bonchev–Trinajstić information content (AvgIpc) is 3.39. The number of nitrogens with zero attached hydrogens (tertiary/aromatic N) is 5. The molecule has 0 unspecified atom stereocenters. The van der Waals surface area contributed by atoms with E-state index in [1.54, 1.807) is 13.3 Å². The highest BCUT2D eigenvalue weighted by Crippen LogP contribution is 2.33.